The molecule has 0 radical (unpaired) electrons. The van der Waals surface area contributed by atoms with Crippen LogP contribution in [0.1, 0.15) is 16.1 Å². The molecule has 1 amide bonds. The number of pyridine rings is 1. The van der Waals surface area contributed by atoms with Crippen LogP contribution in [0.5, 0.6) is 0 Å². The first-order chi connectivity index (χ1) is 14.5. The maximum atomic E-state index is 12.8. The highest BCUT2D eigenvalue weighted by molar-refractivity contribution is 6.06. The molecule has 1 aromatic carbocycles. The molecule has 152 valence electrons. The van der Waals surface area contributed by atoms with Gasteiger partial charge in [-0.1, -0.05) is 17.3 Å². The van der Waals surface area contributed by atoms with Gasteiger partial charge in [0, 0.05) is 19.2 Å². The first kappa shape index (κ1) is 19.1. The van der Waals surface area contributed by atoms with Crippen LogP contribution in [0.25, 0.3) is 22.6 Å². The fraction of sp³-hybridized carbons (Fsp3) is 0.150. The second-order valence-electron chi connectivity index (χ2n) is 6.44. The molecular weight excluding hydrogens is 390 g/mol. The summed E-state index contributed by atoms with van der Waals surface area (Å²) in [5, 5.41) is 21.3. The Balaban J connectivity index is 1.50. The Bertz CT molecular complexity index is 1220. The molecule has 4 aromatic rings. The minimum atomic E-state index is -0.459. The molecule has 0 unspecified atom stereocenters. The number of furan rings is 1. The number of hydrogen-bond acceptors (Lipinski definition) is 8. The van der Waals surface area contributed by atoms with E-state index in [0.717, 1.165) is 0 Å². The standard InChI is InChI=1S/C20H17N5O5/c1-12-18-13(11-15(17-7-4-10-29-17)23-20(18)30-24-12)19(26)22-9-8-21-14-5-2-3-6-16(14)25(27)28/h2-7,10-11,21H,8-9H2,1H3,(H,22,26). The zero-order valence-electron chi connectivity index (χ0n) is 15.9. The molecule has 30 heavy (non-hydrogen) atoms. The first-order valence-electron chi connectivity index (χ1n) is 9.11. The van der Waals surface area contributed by atoms with Gasteiger partial charge in [-0.2, -0.15) is 0 Å². The number of nitro groups is 1. The number of rotatable bonds is 7. The van der Waals surface area contributed by atoms with Gasteiger partial charge in [-0.05, 0) is 31.2 Å². The molecule has 0 aliphatic carbocycles. The zero-order chi connectivity index (χ0) is 21.1. The Hall–Kier alpha value is -4.21. The largest absolute Gasteiger partial charge is 0.463 e. The lowest BCUT2D eigenvalue weighted by Crippen LogP contribution is -2.29. The lowest BCUT2D eigenvalue weighted by atomic mass is 10.1. The van der Waals surface area contributed by atoms with Crippen molar-refractivity contribution in [2.45, 2.75) is 6.92 Å². The number of nitro benzene ring substituents is 1. The predicted molar refractivity (Wildman–Crippen MR) is 108 cm³/mol. The normalized spacial score (nSPS) is 10.8. The van der Waals surface area contributed by atoms with Crippen molar-refractivity contribution in [3.8, 4) is 11.5 Å². The molecule has 10 heteroatoms. The molecule has 0 aliphatic rings. The van der Waals surface area contributed by atoms with Crippen LogP contribution < -0.4 is 10.6 Å². The van der Waals surface area contributed by atoms with Gasteiger partial charge in [0.1, 0.15) is 11.4 Å². The Morgan fingerprint density at radius 2 is 2.03 bits per heavy atom. The van der Waals surface area contributed by atoms with E-state index in [-0.39, 0.29) is 23.9 Å². The Labute approximate surface area is 170 Å². The van der Waals surface area contributed by atoms with Crippen molar-refractivity contribution >= 4 is 28.4 Å². The second kappa shape index (κ2) is 8.03. The van der Waals surface area contributed by atoms with Crippen LogP contribution in [0.4, 0.5) is 11.4 Å². The Morgan fingerprint density at radius 3 is 2.80 bits per heavy atom. The van der Waals surface area contributed by atoms with Crippen LogP contribution in [0, 0.1) is 17.0 Å². The number of benzene rings is 1. The average Bonchev–Trinajstić information content (AvgIpc) is 3.41. The van der Waals surface area contributed by atoms with Crippen LogP contribution in [0.2, 0.25) is 0 Å². The van der Waals surface area contributed by atoms with E-state index < -0.39 is 4.92 Å². The second-order valence-corrected chi connectivity index (χ2v) is 6.44. The monoisotopic (exact) mass is 407 g/mol. The van der Waals surface area contributed by atoms with Gasteiger partial charge < -0.3 is 19.6 Å². The van der Waals surface area contributed by atoms with Crippen LogP contribution in [-0.2, 0) is 0 Å². The third-order valence-corrected chi connectivity index (χ3v) is 4.46. The molecule has 4 rings (SSSR count). The topological polar surface area (TPSA) is 136 Å². The summed E-state index contributed by atoms with van der Waals surface area (Å²) in [4.78, 5) is 27.8. The summed E-state index contributed by atoms with van der Waals surface area (Å²) in [6.07, 6.45) is 1.51. The van der Waals surface area contributed by atoms with E-state index in [2.05, 4.69) is 20.8 Å². The summed E-state index contributed by atoms with van der Waals surface area (Å²) < 4.78 is 10.6. The van der Waals surface area contributed by atoms with E-state index in [1.54, 1.807) is 43.3 Å². The first-order valence-corrected chi connectivity index (χ1v) is 9.11. The highest BCUT2D eigenvalue weighted by Gasteiger charge is 2.20. The lowest BCUT2D eigenvalue weighted by Gasteiger charge is -2.09. The Kier molecular flexibility index (Phi) is 5.12. The number of nitrogens with zero attached hydrogens (tertiary/aromatic N) is 3. The highest BCUT2D eigenvalue weighted by Crippen LogP contribution is 2.27. The maximum absolute atomic E-state index is 12.8. The quantitative estimate of drug-likeness (QED) is 0.270. The molecule has 0 atom stereocenters. The molecule has 3 aromatic heterocycles. The minimum Gasteiger partial charge on any atom is -0.463 e. The van der Waals surface area contributed by atoms with Gasteiger partial charge in [0.25, 0.3) is 17.3 Å². The van der Waals surface area contributed by atoms with Gasteiger partial charge >= 0.3 is 0 Å². The number of aryl methyl sites for hydroxylation is 1. The number of hydrogen-bond donors (Lipinski definition) is 2. The van der Waals surface area contributed by atoms with Crippen molar-refractivity contribution in [3.63, 3.8) is 0 Å². The van der Waals surface area contributed by atoms with E-state index in [1.807, 2.05) is 0 Å². The van der Waals surface area contributed by atoms with Crippen molar-refractivity contribution in [2.24, 2.45) is 0 Å². The van der Waals surface area contributed by atoms with Gasteiger partial charge in [-0.15, -0.1) is 0 Å². The summed E-state index contributed by atoms with van der Waals surface area (Å²) in [6.45, 7) is 2.28. The predicted octanol–water partition coefficient (Wildman–Crippen LogP) is 3.54. The van der Waals surface area contributed by atoms with Crippen molar-refractivity contribution in [1.29, 1.82) is 0 Å². The van der Waals surface area contributed by atoms with Gasteiger partial charge in [0.2, 0.25) is 0 Å². The highest BCUT2D eigenvalue weighted by atomic mass is 16.6. The SMILES string of the molecule is Cc1noc2nc(-c3ccco3)cc(C(=O)NCCNc3ccccc3[N+](=O)[O-])c12. The van der Waals surface area contributed by atoms with Crippen LogP contribution >= 0.6 is 0 Å². The molecular formula is C20H17N5O5. The maximum Gasteiger partial charge on any atom is 0.292 e. The smallest absolute Gasteiger partial charge is 0.292 e. The number of carbonyl (C=O) groups excluding carboxylic acids is 1. The average molecular weight is 407 g/mol. The van der Waals surface area contributed by atoms with Gasteiger partial charge in [0.15, 0.2) is 5.76 Å². The summed E-state index contributed by atoms with van der Waals surface area (Å²) in [5.74, 6) is 0.156. The Morgan fingerprint density at radius 1 is 1.20 bits per heavy atom. The molecule has 0 fully saturated rings. The molecule has 0 saturated heterocycles. The molecule has 0 bridgehead atoms. The summed E-state index contributed by atoms with van der Waals surface area (Å²) in [6, 6.07) is 11.4. The minimum absolute atomic E-state index is 0.0251. The van der Waals surface area contributed by atoms with Crippen LogP contribution in [0.3, 0.4) is 0 Å². The molecule has 2 N–H and O–H groups in total. The number of carbonyl (C=O) groups is 1. The molecule has 3 heterocycles. The lowest BCUT2D eigenvalue weighted by molar-refractivity contribution is -0.384. The van der Waals surface area contributed by atoms with Crippen molar-refractivity contribution < 1.29 is 18.7 Å². The van der Waals surface area contributed by atoms with E-state index in [0.29, 0.717) is 40.3 Å². The van der Waals surface area contributed by atoms with Crippen molar-refractivity contribution in [2.75, 3.05) is 18.4 Å². The molecule has 0 saturated carbocycles. The number of anilines is 1. The van der Waals surface area contributed by atoms with E-state index in [4.69, 9.17) is 8.94 Å². The fourth-order valence-corrected chi connectivity index (χ4v) is 3.08. The molecule has 0 aliphatic heterocycles. The number of fused-ring (bicyclic) bond motifs is 1. The van der Waals surface area contributed by atoms with E-state index in [1.165, 1.54) is 12.3 Å². The summed E-state index contributed by atoms with van der Waals surface area (Å²) in [7, 11) is 0. The van der Waals surface area contributed by atoms with Gasteiger partial charge in [-0.25, -0.2) is 4.98 Å². The molecule has 0 spiro atoms. The zero-order valence-corrected chi connectivity index (χ0v) is 15.9. The van der Waals surface area contributed by atoms with Crippen molar-refractivity contribution in [3.05, 3.63) is 70.1 Å². The van der Waals surface area contributed by atoms with Gasteiger partial charge in [0.05, 0.1) is 27.8 Å². The molecule has 10 nitrogen and oxygen atoms in total. The van der Waals surface area contributed by atoms with Crippen LogP contribution in [0.15, 0.2) is 57.7 Å². The summed E-state index contributed by atoms with van der Waals surface area (Å²) in [5.41, 5.74) is 1.96. The van der Waals surface area contributed by atoms with Crippen LogP contribution in [-0.4, -0.2) is 34.1 Å². The van der Waals surface area contributed by atoms with E-state index >= 15 is 0 Å². The third-order valence-electron chi connectivity index (χ3n) is 4.46. The number of aromatic nitrogens is 2. The van der Waals surface area contributed by atoms with Crippen molar-refractivity contribution in [1.82, 2.24) is 15.5 Å². The number of amides is 1. The number of para-hydroxylation sites is 2. The summed E-state index contributed by atoms with van der Waals surface area (Å²) >= 11 is 0. The van der Waals surface area contributed by atoms with Gasteiger partial charge in [-0.3, -0.25) is 14.9 Å². The fourth-order valence-electron chi connectivity index (χ4n) is 3.08. The third kappa shape index (κ3) is 3.70. The number of nitrogens with one attached hydrogen (secondary N) is 2. The van der Waals surface area contributed by atoms with E-state index in [9.17, 15) is 14.9 Å².